The zero-order valence-electron chi connectivity index (χ0n) is 14.0. The maximum Gasteiger partial charge on any atom is 0.227 e. The van der Waals surface area contributed by atoms with E-state index in [1.54, 1.807) is 24.1 Å². The van der Waals surface area contributed by atoms with Crippen LogP contribution in [0.4, 0.5) is 4.39 Å². The molecule has 0 spiro atoms. The summed E-state index contributed by atoms with van der Waals surface area (Å²) in [5, 5.41) is 3.94. The van der Waals surface area contributed by atoms with Crippen LogP contribution in [-0.2, 0) is 23.2 Å². The van der Waals surface area contributed by atoms with Crippen LogP contribution in [0.3, 0.4) is 0 Å². The van der Waals surface area contributed by atoms with E-state index in [0.29, 0.717) is 31.1 Å². The van der Waals surface area contributed by atoms with E-state index in [9.17, 15) is 9.18 Å². The van der Waals surface area contributed by atoms with Gasteiger partial charge in [0.05, 0.1) is 0 Å². The standard InChI is InChI=1S/C17H22FN3O2/c1-17(2,3)16-19-14(23-20-16)9-10-15(22)21(4)11-12-5-7-13(18)8-6-12/h5-8H,9-11H2,1-4H3. The zero-order chi connectivity index (χ0) is 17.0. The summed E-state index contributed by atoms with van der Waals surface area (Å²) in [5.74, 6) is 0.802. The smallest absolute Gasteiger partial charge is 0.227 e. The first-order valence-corrected chi connectivity index (χ1v) is 7.57. The zero-order valence-corrected chi connectivity index (χ0v) is 14.0. The van der Waals surface area contributed by atoms with E-state index >= 15 is 0 Å². The van der Waals surface area contributed by atoms with Crippen LogP contribution >= 0.6 is 0 Å². The minimum Gasteiger partial charge on any atom is -0.341 e. The molecule has 5 nitrogen and oxygen atoms in total. The Labute approximate surface area is 135 Å². The minimum absolute atomic E-state index is 0.0233. The lowest BCUT2D eigenvalue weighted by molar-refractivity contribution is -0.130. The average Bonchev–Trinajstić information content (AvgIpc) is 2.96. The predicted octanol–water partition coefficient (Wildman–Crippen LogP) is 3.10. The first kappa shape index (κ1) is 17.1. The van der Waals surface area contributed by atoms with Gasteiger partial charge >= 0.3 is 0 Å². The van der Waals surface area contributed by atoms with Crippen molar-refractivity contribution in [3.05, 3.63) is 47.4 Å². The van der Waals surface area contributed by atoms with Crippen LogP contribution in [0.1, 0.15) is 44.5 Å². The van der Waals surface area contributed by atoms with Crippen molar-refractivity contribution >= 4 is 5.91 Å². The second kappa shape index (κ2) is 6.89. The SMILES string of the molecule is CN(Cc1ccc(F)cc1)C(=O)CCc1nc(C(C)(C)C)no1. The number of benzene rings is 1. The quantitative estimate of drug-likeness (QED) is 0.849. The highest BCUT2D eigenvalue weighted by molar-refractivity contribution is 5.76. The van der Waals surface area contributed by atoms with E-state index in [2.05, 4.69) is 10.1 Å². The molecule has 0 unspecified atom stereocenters. The fourth-order valence-corrected chi connectivity index (χ4v) is 2.02. The number of hydrogen-bond donors (Lipinski definition) is 0. The number of nitrogens with zero attached hydrogens (tertiary/aromatic N) is 3. The summed E-state index contributed by atoms with van der Waals surface area (Å²) >= 11 is 0. The minimum atomic E-state index is -0.284. The highest BCUT2D eigenvalue weighted by Crippen LogP contribution is 2.19. The molecule has 1 aromatic carbocycles. The van der Waals surface area contributed by atoms with Gasteiger partial charge in [0.25, 0.3) is 0 Å². The van der Waals surface area contributed by atoms with Gasteiger partial charge in [0.1, 0.15) is 5.82 Å². The molecule has 23 heavy (non-hydrogen) atoms. The maximum atomic E-state index is 12.9. The highest BCUT2D eigenvalue weighted by Gasteiger charge is 2.21. The molecule has 2 aromatic rings. The largest absolute Gasteiger partial charge is 0.341 e. The second-order valence-corrected chi connectivity index (χ2v) is 6.64. The van der Waals surface area contributed by atoms with Crippen molar-refractivity contribution in [2.75, 3.05) is 7.05 Å². The van der Waals surface area contributed by atoms with Crippen molar-refractivity contribution in [1.82, 2.24) is 15.0 Å². The second-order valence-electron chi connectivity index (χ2n) is 6.64. The van der Waals surface area contributed by atoms with Gasteiger partial charge in [0.2, 0.25) is 11.8 Å². The molecule has 0 atom stereocenters. The molecule has 2 rings (SSSR count). The highest BCUT2D eigenvalue weighted by atomic mass is 19.1. The first-order chi connectivity index (χ1) is 10.8. The van der Waals surface area contributed by atoms with Gasteiger partial charge in [-0.15, -0.1) is 0 Å². The van der Waals surface area contributed by atoms with E-state index in [1.165, 1.54) is 12.1 Å². The molecule has 0 N–H and O–H groups in total. The molecule has 124 valence electrons. The lowest BCUT2D eigenvalue weighted by atomic mass is 9.96. The van der Waals surface area contributed by atoms with E-state index in [4.69, 9.17) is 4.52 Å². The number of aryl methyl sites for hydroxylation is 1. The van der Waals surface area contributed by atoms with Crippen LogP contribution in [0.15, 0.2) is 28.8 Å². The summed E-state index contributed by atoms with van der Waals surface area (Å²) in [6.45, 7) is 6.45. The summed E-state index contributed by atoms with van der Waals surface area (Å²) in [7, 11) is 1.72. The number of hydrogen-bond acceptors (Lipinski definition) is 4. The Hall–Kier alpha value is -2.24. The molecule has 0 aliphatic carbocycles. The summed E-state index contributed by atoms with van der Waals surface area (Å²) in [6.07, 6.45) is 0.707. The maximum absolute atomic E-state index is 12.9. The molecule has 6 heteroatoms. The third kappa shape index (κ3) is 4.87. The molecule has 0 fully saturated rings. The van der Waals surface area contributed by atoms with Gasteiger partial charge in [-0.1, -0.05) is 38.1 Å². The summed E-state index contributed by atoms with van der Waals surface area (Å²) < 4.78 is 18.1. The Morgan fingerprint density at radius 2 is 1.91 bits per heavy atom. The Kier molecular flexibility index (Phi) is 5.13. The molecular formula is C17H22FN3O2. The predicted molar refractivity (Wildman–Crippen MR) is 84.2 cm³/mol. The molecule has 0 saturated heterocycles. The van der Waals surface area contributed by atoms with Crippen LogP contribution in [0.5, 0.6) is 0 Å². The number of aromatic nitrogens is 2. The van der Waals surface area contributed by atoms with E-state index in [1.807, 2.05) is 20.8 Å². The molecule has 0 radical (unpaired) electrons. The number of rotatable bonds is 5. The van der Waals surface area contributed by atoms with E-state index in [-0.39, 0.29) is 17.1 Å². The fraction of sp³-hybridized carbons (Fsp3) is 0.471. The lowest BCUT2D eigenvalue weighted by Crippen LogP contribution is -2.26. The van der Waals surface area contributed by atoms with Crippen LogP contribution in [0.2, 0.25) is 0 Å². The lowest BCUT2D eigenvalue weighted by Gasteiger charge is -2.16. The third-order valence-electron chi connectivity index (χ3n) is 3.45. The molecule has 0 saturated carbocycles. The molecular weight excluding hydrogens is 297 g/mol. The average molecular weight is 319 g/mol. The van der Waals surface area contributed by atoms with Crippen LogP contribution in [0.25, 0.3) is 0 Å². The van der Waals surface area contributed by atoms with E-state index in [0.717, 1.165) is 5.56 Å². The molecule has 0 aliphatic rings. The fourth-order valence-electron chi connectivity index (χ4n) is 2.02. The molecule has 0 aliphatic heterocycles. The number of amides is 1. The monoisotopic (exact) mass is 319 g/mol. The van der Waals surface area contributed by atoms with Crippen molar-refractivity contribution in [3.63, 3.8) is 0 Å². The molecule has 1 heterocycles. The Bertz CT molecular complexity index is 659. The Morgan fingerprint density at radius 1 is 1.26 bits per heavy atom. The normalized spacial score (nSPS) is 11.5. The number of carbonyl (C=O) groups excluding carboxylic acids is 1. The van der Waals surface area contributed by atoms with Crippen LogP contribution in [-0.4, -0.2) is 28.0 Å². The van der Waals surface area contributed by atoms with Crippen molar-refractivity contribution in [3.8, 4) is 0 Å². The molecule has 1 aromatic heterocycles. The van der Waals surface area contributed by atoms with Gasteiger partial charge in [0, 0.05) is 31.8 Å². The van der Waals surface area contributed by atoms with E-state index < -0.39 is 0 Å². The van der Waals surface area contributed by atoms with Gasteiger partial charge in [-0.25, -0.2) is 4.39 Å². The van der Waals surface area contributed by atoms with Gasteiger partial charge < -0.3 is 9.42 Å². The van der Waals surface area contributed by atoms with Gasteiger partial charge in [-0.2, -0.15) is 4.98 Å². The van der Waals surface area contributed by atoms with Gasteiger partial charge in [-0.3, -0.25) is 4.79 Å². The van der Waals surface area contributed by atoms with Crippen molar-refractivity contribution < 1.29 is 13.7 Å². The van der Waals surface area contributed by atoms with Crippen LogP contribution in [0, 0.1) is 5.82 Å². The topological polar surface area (TPSA) is 59.2 Å². The summed E-state index contributed by atoms with van der Waals surface area (Å²) in [5.41, 5.74) is 0.709. The molecule has 1 amide bonds. The summed E-state index contributed by atoms with van der Waals surface area (Å²) in [4.78, 5) is 18.1. The van der Waals surface area contributed by atoms with Gasteiger partial charge in [-0.05, 0) is 17.7 Å². The third-order valence-corrected chi connectivity index (χ3v) is 3.45. The van der Waals surface area contributed by atoms with Crippen molar-refractivity contribution in [2.45, 2.75) is 45.6 Å². The Morgan fingerprint density at radius 3 is 2.48 bits per heavy atom. The van der Waals surface area contributed by atoms with Crippen LogP contribution < -0.4 is 0 Å². The number of carbonyl (C=O) groups is 1. The Balaban J connectivity index is 1.86. The number of halogens is 1. The molecule has 0 bridgehead atoms. The van der Waals surface area contributed by atoms with Crippen molar-refractivity contribution in [2.24, 2.45) is 0 Å². The van der Waals surface area contributed by atoms with Crippen molar-refractivity contribution in [1.29, 1.82) is 0 Å². The first-order valence-electron chi connectivity index (χ1n) is 7.57. The summed E-state index contributed by atoms with van der Waals surface area (Å²) in [6, 6.07) is 6.12. The van der Waals surface area contributed by atoms with Gasteiger partial charge in [0.15, 0.2) is 5.82 Å².